The molecule has 4 heterocycles. The SMILES string of the molecule is O=C1CNc2ncc(C(=O)N3CCC3c3ccc(F)cc3)cc2N1CC1CCOCC1. The zero-order valence-electron chi connectivity index (χ0n) is 17.2. The highest BCUT2D eigenvalue weighted by molar-refractivity contribution is 6.04. The molecule has 2 saturated heterocycles. The molecule has 2 amide bonds. The van der Waals surface area contributed by atoms with Crippen molar-refractivity contribution in [3.05, 3.63) is 53.5 Å². The lowest BCUT2D eigenvalue weighted by molar-refractivity contribution is -0.117. The van der Waals surface area contributed by atoms with Crippen molar-refractivity contribution in [2.24, 2.45) is 5.92 Å². The van der Waals surface area contributed by atoms with Crippen molar-refractivity contribution in [2.75, 3.05) is 43.1 Å². The first-order chi connectivity index (χ1) is 15.1. The van der Waals surface area contributed by atoms with Gasteiger partial charge in [0.2, 0.25) is 5.91 Å². The maximum Gasteiger partial charge on any atom is 0.256 e. The molecule has 162 valence electrons. The van der Waals surface area contributed by atoms with Crippen LogP contribution >= 0.6 is 0 Å². The maximum absolute atomic E-state index is 13.3. The minimum Gasteiger partial charge on any atom is -0.381 e. The number of hydrogen-bond donors (Lipinski definition) is 1. The molecule has 1 aromatic heterocycles. The molecule has 2 aromatic rings. The minimum absolute atomic E-state index is 0.0153. The highest BCUT2D eigenvalue weighted by Gasteiger charge is 2.35. The molecule has 31 heavy (non-hydrogen) atoms. The lowest BCUT2D eigenvalue weighted by Crippen LogP contribution is -2.46. The summed E-state index contributed by atoms with van der Waals surface area (Å²) >= 11 is 0. The Morgan fingerprint density at radius 3 is 2.68 bits per heavy atom. The van der Waals surface area contributed by atoms with Crippen LogP contribution in [0, 0.1) is 11.7 Å². The quantitative estimate of drug-likeness (QED) is 0.817. The number of nitrogens with zero attached hydrogens (tertiary/aromatic N) is 3. The average Bonchev–Trinajstić information content (AvgIpc) is 2.77. The van der Waals surface area contributed by atoms with Gasteiger partial charge >= 0.3 is 0 Å². The highest BCUT2D eigenvalue weighted by atomic mass is 19.1. The topological polar surface area (TPSA) is 74.8 Å². The third kappa shape index (κ3) is 3.87. The number of benzene rings is 1. The number of nitrogens with one attached hydrogen (secondary N) is 1. The number of pyridine rings is 1. The van der Waals surface area contributed by atoms with Gasteiger partial charge in [-0.3, -0.25) is 9.59 Å². The molecule has 8 heteroatoms. The summed E-state index contributed by atoms with van der Waals surface area (Å²) in [5.41, 5.74) is 2.04. The van der Waals surface area contributed by atoms with E-state index in [0.29, 0.717) is 49.3 Å². The molecule has 0 aliphatic carbocycles. The molecule has 1 unspecified atom stereocenters. The second-order valence-corrected chi connectivity index (χ2v) is 8.36. The van der Waals surface area contributed by atoms with E-state index >= 15 is 0 Å². The van der Waals surface area contributed by atoms with Crippen molar-refractivity contribution in [3.8, 4) is 0 Å². The summed E-state index contributed by atoms with van der Waals surface area (Å²) in [6.07, 6.45) is 4.25. The second kappa shape index (κ2) is 8.26. The fraction of sp³-hybridized carbons (Fsp3) is 0.435. The number of carbonyl (C=O) groups is 2. The number of anilines is 2. The van der Waals surface area contributed by atoms with Gasteiger partial charge in [0.25, 0.3) is 5.91 Å². The Balaban J connectivity index is 1.37. The van der Waals surface area contributed by atoms with Crippen LogP contribution < -0.4 is 10.2 Å². The van der Waals surface area contributed by atoms with Crippen LogP contribution in [0.5, 0.6) is 0 Å². The monoisotopic (exact) mass is 424 g/mol. The number of aromatic nitrogens is 1. The molecule has 7 nitrogen and oxygen atoms in total. The van der Waals surface area contributed by atoms with Gasteiger partial charge in [-0.1, -0.05) is 12.1 Å². The Bertz CT molecular complexity index is 991. The van der Waals surface area contributed by atoms with Gasteiger partial charge in [0, 0.05) is 32.5 Å². The van der Waals surface area contributed by atoms with E-state index < -0.39 is 0 Å². The second-order valence-electron chi connectivity index (χ2n) is 8.36. The zero-order valence-corrected chi connectivity index (χ0v) is 17.2. The molecule has 2 fully saturated rings. The number of halogens is 1. The van der Waals surface area contributed by atoms with Gasteiger partial charge in [-0.15, -0.1) is 0 Å². The predicted molar refractivity (Wildman–Crippen MR) is 113 cm³/mol. The Labute approximate surface area is 180 Å². The number of ether oxygens (including phenoxy) is 1. The number of fused-ring (bicyclic) bond motifs is 1. The van der Waals surface area contributed by atoms with Gasteiger partial charge in [0.15, 0.2) is 0 Å². The largest absolute Gasteiger partial charge is 0.381 e. The number of hydrogen-bond acceptors (Lipinski definition) is 5. The van der Waals surface area contributed by atoms with Crippen LogP contribution in [-0.4, -0.2) is 54.5 Å². The maximum atomic E-state index is 13.3. The molecule has 0 radical (unpaired) electrons. The number of carbonyl (C=O) groups excluding carboxylic acids is 2. The van der Waals surface area contributed by atoms with E-state index in [1.165, 1.54) is 12.1 Å². The van der Waals surface area contributed by atoms with Crippen molar-refractivity contribution >= 4 is 23.3 Å². The van der Waals surface area contributed by atoms with E-state index in [9.17, 15) is 14.0 Å². The molecule has 0 bridgehead atoms. The van der Waals surface area contributed by atoms with E-state index in [-0.39, 0.29) is 30.2 Å². The van der Waals surface area contributed by atoms with E-state index in [2.05, 4.69) is 10.3 Å². The van der Waals surface area contributed by atoms with Crippen molar-refractivity contribution in [1.29, 1.82) is 0 Å². The van der Waals surface area contributed by atoms with Gasteiger partial charge in [0.1, 0.15) is 11.6 Å². The van der Waals surface area contributed by atoms with Crippen molar-refractivity contribution in [2.45, 2.75) is 25.3 Å². The Kier molecular flexibility index (Phi) is 5.31. The fourth-order valence-electron chi connectivity index (χ4n) is 4.52. The molecule has 1 atom stereocenters. The molecular weight excluding hydrogens is 399 g/mol. The van der Waals surface area contributed by atoms with E-state index in [0.717, 1.165) is 24.8 Å². The van der Waals surface area contributed by atoms with Crippen LogP contribution in [0.15, 0.2) is 36.5 Å². The zero-order chi connectivity index (χ0) is 21.4. The molecule has 3 aliphatic heterocycles. The number of rotatable bonds is 4. The van der Waals surface area contributed by atoms with Gasteiger partial charge in [-0.05, 0) is 48.9 Å². The minimum atomic E-state index is -0.290. The first-order valence-electron chi connectivity index (χ1n) is 10.8. The molecule has 1 aromatic carbocycles. The van der Waals surface area contributed by atoms with Crippen LogP contribution in [0.3, 0.4) is 0 Å². The normalized spacial score (nSPS) is 21.3. The molecule has 1 N–H and O–H groups in total. The van der Waals surface area contributed by atoms with Crippen LogP contribution in [0.2, 0.25) is 0 Å². The first-order valence-corrected chi connectivity index (χ1v) is 10.8. The first kappa shape index (κ1) is 19.9. The van der Waals surface area contributed by atoms with Gasteiger partial charge in [0.05, 0.1) is 23.8 Å². The summed E-state index contributed by atoms with van der Waals surface area (Å²) in [6.45, 7) is 2.89. The summed E-state index contributed by atoms with van der Waals surface area (Å²) in [5.74, 6) is 0.572. The van der Waals surface area contributed by atoms with E-state index in [4.69, 9.17) is 4.74 Å². The third-order valence-electron chi connectivity index (χ3n) is 6.43. The number of likely N-dealkylation sites (tertiary alicyclic amines) is 1. The van der Waals surface area contributed by atoms with Crippen molar-refractivity contribution in [1.82, 2.24) is 9.88 Å². The lowest BCUT2D eigenvalue weighted by Gasteiger charge is -2.41. The van der Waals surface area contributed by atoms with Crippen LogP contribution in [0.25, 0.3) is 0 Å². The Morgan fingerprint density at radius 1 is 1.19 bits per heavy atom. The smallest absolute Gasteiger partial charge is 0.256 e. The lowest BCUT2D eigenvalue weighted by atomic mass is 9.93. The van der Waals surface area contributed by atoms with E-state index in [1.54, 1.807) is 34.2 Å². The summed E-state index contributed by atoms with van der Waals surface area (Å²) in [5, 5.41) is 3.06. The highest BCUT2D eigenvalue weighted by Crippen LogP contribution is 2.36. The van der Waals surface area contributed by atoms with Gasteiger partial charge in [-0.25, -0.2) is 9.37 Å². The molecule has 5 rings (SSSR count). The predicted octanol–water partition coefficient (Wildman–Crippen LogP) is 2.99. The summed E-state index contributed by atoms with van der Waals surface area (Å²) < 4.78 is 18.7. The molecule has 3 aliphatic rings. The molecular formula is C23H25FN4O3. The van der Waals surface area contributed by atoms with Crippen LogP contribution in [0.1, 0.15) is 41.2 Å². The molecule has 0 spiro atoms. The molecule has 0 saturated carbocycles. The van der Waals surface area contributed by atoms with Gasteiger partial charge < -0.3 is 19.9 Å². The third-order valence-corrected chi connectivity index (χ3v) is 6.43. The fourth-order valence-corrected chi connectivity index (χ4v) is 4.52. The Hall–Kier alpha value is -3.00. The summed E-state index contributed by atoms with van der Waals surface area (Å²) in [7, 11) is 0. The average molecular weight is 424 g/mol. The number of amides is 2. The standard InChI is InChI=1S/C23H25FN4O3/c24-18-3-1-16(2-4-18)19-5-8-27(19)23(30)17-11-20-22(25-12-17)26-13-21(29)28(20)14-15-6-9-31-10-7-15/h1-4,11-12,15,19H,5-10,13-14H2,(H,25,26). The van der Waals surface area contributed by atoms with Gasteiger partial charge in [-0.2, -0.15) is 0 Å². The van der Waals surface area contributed by atoms with Crippen molar-refractivity contribution in [3.63, 3.8) is 0 Å². The van der Waals surface area contributed by atoms with Crippen LogP contribution in [0.4, 0.5) is 15.9 Å². The summed E-state index contributed by atoms with van der Waals surface area (Å²) in [6, 6.07) is 7.99. The summed E-state index contributed by atoms with van der Waals surface area (Å²) in [4.78, 5) is 33.8. The van der Waals surface area contributed by atoms with Crippen LogP contribution in [-0.2, 0) is 9.53 Å². The Morgan fingerprint density at radius 2 is 1.97 bits per heavy atom. The van der Waals surface area contributed by atoms with Crippen molar-refractivity contribution < 1.29 is 18.7 Å². The van der Waals surface area contributed by atoms with E-state index in [1.807, 2.05) is 0 Å².